The van der Waals surface area contributed by atoms with Gasteiger partial charge in [0, 0.05) is 10.6 Å². The monoisotopic (exact) mass is 226 g/mol. The molecule has 0 amide bonds. The van der Waals surface area contributed by atoms with Gasteiger partial charge in [-0.25, -0.2) is 0 Å². The molecule has 2 rings (SSSR count). The molecule has 0 aliphatic heterocycles. The Hall–Kier alpha value is -0.920. The van der Waals surface area contributed by atoms with Gasteiger partial charge in [-0.15, -0.1) is 0 Å². The van der Waals surface area contributed by atoms with Crippen LogP contribution in [0.5, 0.6) is 0 Å². The van der Waals surface area contributed by atoms with Crippen molar-refractivity contribution in [2.45, 2.75) is 6.92 Å². The average Bonchev–Trinajstić information content (AvgIpc) is 2.51. The lowest BCUT2D eigenvalue weighted by Gasteiger charge is -2.00. The second kappa shape index (κ2) is 3.68. The van der Waals surface area contributed by atoms with E-state index in [2.05, 4.69) is 0 Å². The second-order valence-electron chi connectivity index (χ2n) is 3.03. The molecule has 72 valence electrons. The molecule has 0 saturated heterocycles. The van der Waals surface area contributed by atoms with Crippen molar-refractivity contribution < 1.29 is 4.42 Å². The molecule has 2 aromatic rings. The molecule has 0 aliphatic carbocycles. The molecule has 3 heteroatoms. The van der Waals surface area contributed by atoms with Crippen LogP contribution >= 0.6 is 23.2 Å². The van der Waals surface area contributed by atoms with Crippen molar-refractivity contribution in [3.05, 3.63) is 46.1 Å². The third-order valence-electron chi connectivity index (χ3n) is 1.94. The maximum absolute atomic E-state index is 6.03. The Balaban J connectivity index is 2.52. The maximum atomic E-state index is 6.03. The van der Waals surface area contributed by atoms with E-state index in [1.165, 1.54) is 0 Å². The van der Waals surface area contributed by atoms with E-state index in [1.807, 2.05) is 25.1 Å². The van der Waals surface area contributed by atoms with Crippen LogP contribution in [0.3, 0.4) is 0 Å². The van der Waals surface area contributed by atoms with Crippen LogP contribution < -0.4 is 0 Å². The molecule has 0 bridgehead atoms. The Kier molecular flexibility index (Phi) is 2.53. The van der Waals surface area contributed by atoms with Crippen LogP contribution in [0.15, 0.2) is 34.7 Å². The van der Waals surface area contributed by atoms with Crippen LogP contribution in [0.2, 0.25) is 10.0 Å². The third-order valence-corrected chi connectivity index (χ3v) is 2.48. The van der Waals surface area contributed by atoms with Crippen molar-refractivity contribution in [1.29, 1.82) is 0 Å². The van der Waals surface area contributed by atoms with Crippen LogP contribution in [0.1, 0.15) is 5.76 Å². The number of benzene rings is 1. The van der Waals surface area contributed by atoms with E-state index >= 15 is 0 Å². The van der Waals surface area contributed by atoms with Gasteiger partial charge in [-0.1, -0.05) is 23.2 Å². The van der Waals surface area contributed by atoms with Gasteiger partial charge in [-0.05, 0) is 37.3 Å². The van der Waals surface area contributed by atoms with Crippen molar-refractivity contribution in [1.82, 2.24) is 0 Å². The molecule has 14 heavy (non-hydrogen) atoms. The van der Waals surface area contributed by atoms with Gasteiger partial charge in [0.1, 0.15) is 11.5 Å². The van der Waals surface area contributed by atoms with Gasteiger partial charge in [0.05, 0.1) is 5.02 Å². The normalized spacial score (nSPS) is 10.5. The summed E-state index contributed by atoms with van der Waals surface area (Å²) < 4.78 is 5.46. The Morgan fingerprint density at radius 2 is 1.86 bits per heavy atom. The first-order valence-corrected chi connectivity index (χ1v) is 4.94. The van der Waals surface area contributed by atoms with Gasteiger partial charge in [-0.3, -0.25) is 0 Å². The topological polar surface area (TPSA) is 13.1 Å². The van der Waals surface area contributed by atoms with E-state index in [1.54, 1.807) is 12.1 Å². The van der Waals surface area contributed by atoms with Gasteiger partial charge in [-0.2, -0.15) is 0 Å². The molecule has 0 radical (unpaired) electrons. The summed E-state index contributed by atoms with van der Waals surface area (Å²) in [6, 6.07) is 9.14. The number of rotatable bonds is 1. The molecule has 0 saturated carbocycles. The fraction of sp³-hybridized carbons (Fsp3) is 0.0909. The van der Waals surface area contributed by atoms with Gasteiger partial charge in [0.15, 0.2) is 0 Å². The first kappa shape index (κ1) is 9.63. The third kappa shape index (κ3) is 1.79. The minimum Gasteiger partial charge on any atom is -0.461 e. The molecule has 1 nitrogen and oxygen atoms in total. The fourth-order valence-corrected chi connectivity index (χ4v) is 1.77. The lowest BCUT2D eigenvalue weighted by Crippen LogP contribution is -1.75. The highest BCUT2D eigenvalue weighted by Crippen LogP contribution is 2.31. The van der Waals surface area contributed by atoms with E-state index in [0.29, 0.717) is 10.0 Å². The average molecular weight is 227 g/mol. The summed E-state index contributed by atoms with van der Waals surface area (Å²) in [6.07, 6.45) is 0. The number of furan rings is 1. The molecule has 0 spiro atoms. The summed E-state index contributed by atoms with van der Waals surface area (Å²) in [4.78, 5) is 0. The number of hydrogen-bond acceptors (Lipinski definition) is 1. The zero-order valence-corrected chi connectivity index (χ0v) is 9.06. The van der Waals surface area contributed by atoms with E-state index < -0.39 is 0 Å². The first-order valence-electron chi connectivity index (χ1n) is 4.18. The smallest absolute Gasteiger partial charge is 0.135 e. The summed E-state index contributed by atoms with van der Waals surface area (Å²) >= 11 is 11.8. The highest BCUT2D eigenvalue weighted by Gasteiger charge is 2.07. The molecule has 1 heterocycles. The zero-order chi connectivity index (χ0) is 10.1. The van der Waals surface area contributed by atoms with Gasteiger partial charge in [0.2, 0.25) is 0 Å². The first-order chi connectivity index (χ1) is 6.66. The SMILES string of the molecule is Cc1ccc(-c2ccc(Cl)cc2Cl)o1. The van der Waals surface area contributed by atoms with Crippen LogP contribution in [0.4, 0.5) is 0 Å². The van der Waals surface area contributed by atoms with E-state index in [0.717, 1.165) is 17.1 Å². The molecule has 0 atom stereocenters. The van der Waals surface area contributed by atoms with Crippen molar-refractivity contribution in [2.75, 3.05) is 0 Å². The Bertz CT molecular complexity index is 460. The quantitative estimate of drug-likeness (QED) is 0.695. The highest BCUT2D eigenvalue weighted by atomic mass is 35.5. The second-order valence-corrected chi connectivity index (χ2v) is 3.88. The standard InChI is InChI=1S/C11H8Cl2O/c1-7-2-5-11(14-7)9-4-3-8(12)6-10(9)13/h2-6H,1H3. The predicted molar refractivity (Wildman–Crippen MR) is 58.9 cm³/mol. The van der Waals surface area contributed by atoms with Crippen LogP contribution in [-0.4, -0.2) is 0 Å². The summed E-state index contributed by atoms with van der Waals surface area (Å²) in [6.45, 7) is 1.90. The predicted octanol–water partition coefficient (Wildman–Crippen LogP) is 4.56. The van der Waals surface area contributed by atoms with Crippen LogP contribution in [0.25, 0.3) is 11.3 Å². The summed E-state index contributed by atoms with van der Waals surface area (Å²) in [5, 5.41) is 1.23. The molecule has 0 unspecified atom stereocenters. The molecule has 1 aromatic heterocycles. The van der Waals surface area contributed by atoms with Gasteiger partial charge >= 0.3 is 0 Å². The largest absolute Gasteiger partial charge is 0.461 e. The fourth-order valence-electron chi connectivity index (χ4n) is 1.27. The molecular weight excluding hydrogens is 219 g/mol. The van der Waals surface area contributed by atoms with Crippen molar-refractivity contribution in [3.63, 3.8) is 0 Å². The number of aryl methyl sites for hydroxylation is 1. The molecular formula is C11H8Cl2O. The number of hydrogen-bond donors (Lipinski definition) is 0. The Labute approximate surface area is 92.3 Å². The zero-order valence-electron chi connectivity index (χ0n) is 7.55. The minimum atomic E-state index is 0.604. The summed E-state index contributed by atoms with van der Waals surface area (Å²) in [7, 11) is 0. The van der Waals surface area contributed by atoms with Crippen molar-refractivity contribution >= 4 is 23.2 Å². The Morgan fingerprint density at radius 3 is 2.43 bits per heavy atom. The van der Waals surface area contributed by atoms with E-state index in [4.69, 9.17) is 27.6 Å². The lowest BCUT2D eigenvalue weighted by atomic mass is 10.2. The highest BCUT2D eigenvalue weighted by molar-refractivity contribution is 6.36. The molecule has 1 aromatic carbocycles. The summed E-state index contributed by atoms with van der Waals surface area (Å²) in [5.74, 6) is 1.63. The lowest BCUT2D eigenvalue weighted by molar-refractivity contribution is 0.548. The van der Waals surface area contributed by atoms with Crippen LogP contribution in [0, 0.1) is 6.92 Å². The minimum absolute atomic E-state index is 0.604. The van der Waals surface area contributed by atoms with E-state index in [9.17, 15) is 0 Å². The van der Waals surface area contributed by atoms with E-state index in [-0.39, 0.29) is 0 Å². The molecule has 0 aliphatic rings. The summed E-state index contributed by atoms with van der Waals surface area (Å²) in [5.41, 5.74) is 0.865. The van der Waals surface area contributed by atoms with Crippen molar-refractivity contribution in [3.8, 4) is 11.3 Å². The maximum Gasteiger partial charge on any atom is 0.135 e. The van der Waals surface area contributed by atoms with Crippen molar-refractivity contribution in [2.24, 2.45) is 0 Å². The molecule has 0 fully saturated rings. The van der Waals surface area contributed by atoms with Gasteiger partial charge < -0.3 is 4.42 Å². The van der Waals surface area contributed by atoms with Crippen LogP contribution in [-0.2, 0) is 0 Å². The molecule has 0 N–H and O–H groups in total. The van der Waals surface area contributed by atoms with Gasteiger partial charge in [0.25, 0.3) is 0 Å². The number of halogens is 2. The Morgan fingerprint density at radius 1 is 1.07 bits per heavy atom.